The molecule has 3 fully saturated rings. The molecule has 1 amide bonds. The molecule has 1 aromatic rings. The number of ether oxygens (including phenoxy) is 1. The molecule has 3 saturated heterocycles. The number of likely N-dealkylation sites (tertiary alicyclic amines) is 1. The number of anilines is 2. The summed E-state index contributed by atoms with van der Waals surface area (Å²) in [5, 5.41) is 0. The van der Waals surface area contributed by atoms with Crippen LogP contribution < -0.4 is 9.80 Å². The van der Waals surface area contributed by atoms with Crippen LogP contribution >= 0.6 is 0 Å². The fraction of sp³-hybridized carbons (Fsp3) is 0.750. The number of hydrogen-bond donors (Lipinski definition) is 0. The highest BCUT2D eigenvalue weighted by molar-refractivity contribution is 5.79. The van der Waals surface area contributed by atoms with E-state index in [4.69, 9.17) is 4.74 Å². The highest BCUT2D eigenvalue weighted by atomic mass is 16.5. The second kappa shape index (κ2) is 8.42. The van der Waals surface area contributed by atoms with Gasteiger partial charge in [-0.15, -0.1) is 0 Å². The van der Waals surface area contributed by atoms with Gasteiger partial charge >= 0.3 is 0 Å². The number of rotatable bonds is 3. The molecule has 7 nitrogen and oxygen atoms in total. The Morgan fingerprint density at radius 1 is 1.07 bits per heavy atom. The van der Waals surface area contributed by atoms with Crippen LogP contribution in [0, 0.1) is 11.8 Å². The van der Waals surface area contributed by atoms with Gasteiger partial charge in [0.2, 0.25) is 5.91 Å². The number of morpholine rings is 1. The SMILES string of the molecule is CC1CCCN(C(=O)C2CCN(c3cncnc3N3CCOCC3)CC2)C1. The Bertz CT molecular complexity index is 641. The summed E-state index contributed by atoms with van der Waals surface area (Å²) in [5.41, 5.74) is 1.09. The highest BCUT2D eigenvalue weighted by Gasteiger charge is 2.31. The van der Waals surface area contributed by atoms with Crippen molar-refractivity contribution in [1.29, 1.82) is 0 Å². The van der Waals surface area contributed by atoms with Crippen LogP contribution in [0.25, 0.3) is 0 Å². The van der Waals surface area contributed by atoms with E-state index in [9.17, 15) is 4.79 Å². The minimum atomic E-state index is 0.169. The van der Waals surface area contributed by atoms with Crippen LogP contribution in [0.15, 0.2) is 12.5 Å². The molecule has 0 N–H and O–H groups in total. The highest BCUT2D eigenvalue weighted by Crippen LogP contribution is 2.31. The Labute approximate surface area is 161 Å². The van der Waals surface area contributed by atoms with E-state index < -0.39 is 0 Å². The molecule has 0 spiro atoms. The Hall–Kier alpha value is -1.89. The van der Waals surface area contributed by atoms with Gasteiger partial charge < -0.3 is 19.4 Å². The van der Waals surface area contributed by atoms with Gasteiger partial charge in [-0.2, -0.15) is 0 Å². The summed E-state index contributed by atoms with van der Waals surface area (Å²) in [6.07, 6.45) is 7.78. The first-order valence-electron chi connectivity index (χ1n) is 10.4. The van der Waals surface area contributed by atoms with Crippen molar-refractivity contribution in [2.45, 2.75) is 32.6 Å². The molecular formula is C20H31N5O2. The van der Waals surface area contributed by atoms with Crippen LogP contribution in [0.5, 0.6) is 0 Å². The number of carbonyl (C=O) groups is 1. The van der Waals surface area contributed by atoms with Gasteiger partial charge in [0.1, 0.15) is 6.33 Å². The largest absolute Gasteiger partial charge is 0.378 e. The Morgan fingerprint density at radius 3 is 2.59 bits per heavy atom. The second-order valence-electron chi connectivity index (χ2n) is 8.12. The van der Waals surface area contributed by atoms with E-state index in [1.165, 1.54) is 6.42 Å². The molecule has 0 saturated carbocycles. The van der Waals surface area contributed by atoms with E-state index >= 15 is 0 Å². The van der Waals surface area contributed by atoms with Gasteiger partial charge in [-0.25, -0.2) is 9.97 Å². The molecule has 0 aliphatic carbocycles. The molecule has 1 atom stereocenters. The normalized spacial score (nSPS) is 24.9. The zero-order valence-corrected chi connectivity index (χ0v) is 16.3. The van der Waals surface area contributed by atoms with Crippen molar-refractivity contribution in [3.8, 4) is 0 Å². The van der Waals surface area contributed by atoms with E-state index in [0.29, 0.717) is 11.8 Å². The van der Waals surface area contributed by atoms with Crippen LogP contribution in [-0.4, -0.2) is 73.3 Å². The number of nitrogens with zero attached hydrogens (tertiary/aromatic N) is 5. The lowest BCUT2D eigenvalue weighted by Gasteiger charge is -2.39. The first-order valence-corrected chi connectivity index (χ1v) is 10.4. The summed E-state index contributed by atoms with van der Waals surface area (Å²) in [6, 6.07) is 0. The van der Waals surface area contributed by atoms with Crippen LogP contribution in [0.1, 0.15) is 32.6 Å². The topological polar surface area (TPSA) is 61.8 Å². The van der Waals surface area contributed by atoms with Crippen molar-refractivity contribution >= 4 is 17.4 Å². The first kappa shape index (κ1) is 18.5. The maximum Gasteiger partial charge on any atom is 0.225 e. The lowest BCUT2D eigenvalue weighted by molar-refractivity contribution is -0.137. The molecule has 3 aliphatic heterocycles. The van der Waals surface area contributed by atoms with Crippen molar-refractivity contribution in [3.63, 3.8) is 0 Å². The van der Waals surface area contributed by atoms with Gasteiger partial charge in [0.25, 0.3) is 0 Å². The van der Waals surface area contributed by atoms with Gasteiger partial charge in [-0.1, -0.05) is 6.92 Å². The Morgan fingerprint density at radius 2 is 1.85 bits per heavy atom. The predicted octanol–water partition coefficient (Wildman–Crippen LogP) is 1.79. The van der Waals surface area contributed by atoms with Crippen LogP contribution in [-0.2, 0) is 9.53 Å². The molecule has 7 heteroatoms. The van der Waals surface area contributed by atoms with Crippen molar-refractivity contribution in [2.24, 2.45) is 11.8 Å². The zero-order valence-electron chi connectivity index (χ0n) is 16.3. The molecular weight excluding hydrogens is 342 g/mol. The number of hydrogen-bond acceptors (Lipinski definition) is 6. The summed E-state index contributed by atoms with van der Waals surface area (Å²) in [4.78, 5) is 28.5. The second-order valence-corrected chi connectivity index (χ2v) is 8.12. The maximum atomic E-state index is 12.9. The van der Waals surface area contributed by atoms with E-state index in [2.05, 4.69) is 31.6 Å². The first-order chi connectivity index (χ1) is 13.2. The quantitative estimate of drug-likeness (QED) is 0.805. The Kier molecular flexibility index (Phi) is 5.76. The smallest absolute Gasteiger partial charge is 0.225 e. The van der Waals surface area contributed by atoms with Crippen LogP contribution in [0.3, 0.4) is 0 Å². The third-order valence-corrected chi connectivity index (χ3v) is 6.14. The van der Waals surface area contributed by atoms with Crippen LogP contribution in [0.4, 0.5) is 11.5 Å². The molecule has 4 rings (SSSR count). The fourth-order valence-corrected chi connectivity index (χ4v) is 4.57. The summed E-state index contributed by atoms with van der Waals surface area (Å²) in [5.74, 6) is 2.19. The van der Waals surface area contributed by atoms with Crippen molar-refractivity contribution in [1.82, 2.24) is 14.9 Å². The summed E-state index contributed by atoms with van der Waals surface area (Å²) in [6.45, 7) is 9.14. The molecule has 3 aliphatic rings. The molecule has 0 aromatic carbocycles. The minimum absolute atomic E-state index is 0.169. The minimum Gasteiger partial charge on any atom is -0.378 e. The van der Waals surface area contributed by atoms with Gasteiger partial charge in [0, 0.05) is 45.2 Å². The zero-order chi connectivity index (χ0) is 18.6. The molecule has 4 heterocycles. The number of aromatic nitrogens is 2. The molecule has 1 aromatic heterocycles. The monoisotopic (exact) mass is 373 g/mol. The summed E-state index contributed by atoms with van der Waals surface area (Å²) >= 11 is 0. The van der Waals surface area contributed by atoms with Gasteiger partial charge in [0.05, 0.1) is 25.1 Å². The average molecular weight is 374 g/mol. The van der Waals surface area contributed by atoms with Gasteiger partial charge in [0.15, 0.2) is 5.82 Å². The lowest BCUT2D eigenvalue weighted by atomic mass is 9.92. The van der Waals surface area contributed by atoms with E-state index in [-0.39, 0.29) is 5.92 Å². The molecule has 27 heavy (non-hydrogen) atoms. The number of piperidine rings is 2. The van der Waals surface area contributed by atoms with E-state index in [1.807, 2.05) is 6.20 Å². The third-order valence-electron chi connectivity index (χ3n) is 6.14. The molecule has 0 radical (unpaired) electrons. The van der Waals surface area contributed by atoms with Gasteiger partial charge in [-0.05, 0) is 31.6 Å². The molecule has 1 unspecified atom stereocenters. The standard InChI is InChI=1S/C20H31N5O2/c1-16-3-2-6-25(14-16)20(26)17-4-7-23(8-5-17)18-13-21-15-22-19(18)24-9-11-27-12-10-24/h13,15-17H,2-12,14H2,1H3. The lowest BCUT2D eigenvalue weighted by Crippen LogP contribution is -2.46. The number of carbonyl (C=O) groups excluding carboxylic acids is 1. The predicted molar refractivity (Wildman–Crippen MR) is 105 cm³/mol. The van der Waals surface area contributed by atoms with Crippen LogP contribution in [0.2, 0.25) is 0 Å². The van der Waals surface area contributed by atoms with Gasteiger partial charge in [-0.3, -0.25) is 4.79 Å². The van der Waals surface area contributed by atoms with Crippen molar-refractivity contribution < 1.29 is 9.53 Å². The average Bonchev–Trinajstić information content (AvgIpc) is 2.74. The number of amides is 1. The third kappa shape index (κ3) is 4.18. The maximum absolute atomic E-state index is 12.9. The fourth-order valence-electron chi connectivity index (χ4n) is 4.57. The summed E-state index contributed by atoms with van der Waals surface area (Å²) < 4.78 is 5.47. The van der Waals surface area contributed by atoms with Crippen molar-refractivity contribution in [2.75, 3.05) is 62.3 Å². The molecule has 0 bridgehead atoms. The van der Waals surface area contributed by atoms with E-state index in [0.717, 1.165) is 83.3 Å². The van der Waals surface area contributed by atoms with Crippen molar-refractivity contribution in [3.05, 3.63) is 12.5 Å². The molecule has 148 valence electrons. The summed E-state index contributed by atoms with van der Waals surface area (Å²) in [7, 11) is 0. The van der Waals surface area contributed by atoms with E-state index in [1.54, 1.807) is 6.33 Å². The Balaban J connectivity index is 1.39.